The number of hydrogen-bond acceptors (Lipinski definition) is 1. The Morgan fingerprint density at radius 1 is 1.00 bits per heavy atom. The number of halogens is 1. The first-order valence-electron chi connectivity index (χ1n) is 0.183. The van der Waals surface area contributed by atoms with Gasteiger partial charge in [-0.3, -0.25) is 0 Å². The minimum absolute atomic E-state index is 0. The minimum atomic E-state index is 0. The Balaban J connectivity index is -0.00000000167. The van der Waals surface area contributed by atoms with E-state index in [1.165, 1.54) is 0 Å². The molecule has 0 aromatic carbocycles. The van der Waals surface area contributed by atoms with Gasteiger partial charge in [-0.15, -0.1) is 12.4 Å². The molecule has 0 N–H and O–H groups in total. The average molecular weight is 184 g/mol. The van der Waals surface area contributed by atoms with Gasteiger partial charge in [-0.25, -0.2) is 0 Å². The van der Waals surface area contributed by atoms with Crippen LogP contribution in [0.3, 0.4) is 0 Å². The fraction of sp³-hybridized carbons (Fsp3) is 0. The molecule has 23 valence electrons. The topological polar surface area (TPSA) is 17.1 Å². The summed E-state index contributed by atoms with van der Waals surface area (Å²) in [5.74, 6) is 0. The van der Waals surface area contributed by atoms with E-state index in [1.807, 2.05) is 0 Å². The second-order valence-electron chi connectivity index (χ2n) is 0. The van der Waals surface area contributed by atoms with E-state index in [2.05, 4.69) is 0 Å². The van der Waals surface area contributed by atoms with Gasteiger partial charge in [-0.05, 0) is 0 Å². The molecule has 0 bridgehead atoms. The summed E-state index contributed by atoms with van der Waals surface area (Å²) in [6, 6.07) is 0. The van der Waals surface area contributed by atoms with Crippen molar-refractivity contribution >= 4 is 115 Å². The van der Waals surface area contributed by atoms with Crippen LogP contribution in [-0.2, 0) is 21.0 Å². The summed E-state index contributed by atoms with van der Waals surface area (Å²) >= 11 is 1.06. The maximum absolute atomic E-state index is 8.19. The SMILES string of the molecule is Cl.[KH].[KH].[O]=[V]. The molecular weight excluding hydrogens is 181 g/mol. The molecular formula is H3ClK2OV. The third-order valence-electron chi connectivity index (χ3n) is 0. The summed E-state index contributed by atoms with van der Waals surface area (Å²) in [5, 5.41) is 0. The van der Waals surface area contributed by atoms with Gasteiger partial charge in [0.2, 0.25) is 0 Å². The molecule has 5 heteroatoms. The van der Waals surface area contributed by atoms with Crippen molar-refractivity contribution in [2.45, 2.75) is 0 Å². The Bertz CT molecular complexity index is 9.61. The second-order valence-corrected chi connectivity index (χ2v) is 0. The van der Waals surface area contributed by atoms with E-state index in [0.29, 0.717) is 0 Å². The summed E-state index contributed by atoms with van der Waals surface area (Å²) in [6.07, 6.45) is 0. The van der Waals surface area contributed by atoms with Gasteiger partial charge >= 0.3 is 124 Å². The summed E-state index contributed by atoms with van der Waals surface area (Å²) in [7, 11) is 0. The summed E-state index contributed by atoms with van der Waals surface area (Å²) in [4.78, 5) is 0. The Hall–Kier alpha value is 3.95. The number of hydrogen-bond donors (Lipinski definition) is 0. The van der Waals surface area contributed by atoms with Crippen LogP contribution in [0.2, 0.25) is 0 Å². The molecule has 0 saturated heterocycles. The first-order chi connectivity index (χ1) is 1.00. The Morgan fingerprint density at radius 3 is 1.00 bits per heavy atom. The van der Waals surface area contributed by atoms with E-state index in [0.717, 1.165) is 17.4 Å². The summed E-state index contributed by atoms with van der Waals surface area (Å²) in [5.41, 5.74) is 0. The van der Waals surface area contributed by atoms with Gasteiger partial charge in [-0.1, -0.05) is 0 Å². The van der Waals surface area contributed by atoms with Crippen LogP contribution in [0, 0.1) is 0 Å². The van der Waals surface area contributed by atoms with Gasteiger partial charge in [-0.2, -0.15) is 0 Å². The molecule has 0 amide bonds. The van der Waals surface area contributed by atoms with Crippen molar-refractivity contribution in [2.75, 3.05) is 0 Å². The quantitative estimate of drug-likeness (QED) is 0.441. The van der Waals surface area contributed by atoms with E-state index in [-0.39, 0.29) is 115 Å². The molecule has 5 heavy (non-hydrogen) atoms. The zero-order valence-electron chi connectivity index (χ0n) is 1.26. The predicted molar refractivity (Wildman–Crippen MR) is 22.2 cm³/mol. The summed E-state index contributed by atoms with van der Waals surface area (Å²) in [6.45, 7) is 0. The first kappa shape index (κ1) is 23.1. The van der Waals surface area contributed by atoms with Gasteiger partial charge in [0.05, 0.1) is 0 Å². The van der Waals surface area contributed by atoms with Gasteiger partial charge in [0.15, 0.2) is 0 Å². The zero-order chi connectivity index (χ0) is 2.00. The molecule has 0 aromatic heterocycles. The number of rotatable bonds is 0. The molecule has 0 saturated carbocycles. The molecule has 0 aliphatic carbocycles. The Morgan fingerprint density at radius 2 is 1.00 bits per heavy atom. The molecule has 0 aromatic rings. The van der Waals surface area contributed by atoms with E-state index < -0.39 is 0 Å². The second kappa shape index (κ2) is 24.6. The maximum atomic E-state index is 8.19. The molecule has 0 spiro atoms. The van der Waals surface area contributed by atoms with Crippen molar-refractivity contribution in [1.29, 1.82) is 0 Å². The van der Waals surface area contributed by atoms with Crippen LogP contribution >= 0.6 is 12.4 Å². The zero-order valence-corrected chi connectivity index (χ0v) is 3.48. The fourth-order valence-corrected chi connectivity index (χ4v) is 0. The van der Waals surface area contributed by atoms with Crippen molar-refractivity contribution < 1.29 is 21.0 Å². The van der Waals surface area contributed by atoms with Crippen molar-refractivity contribution in [3.05, 3.63) is 0 Å². The van der Waals surface area contributed by atoms with Gasteiger partial charge in [0.1, 0.15) is 0 Å². The van der Waals surface area contributed by atoms with Crippen LogP contribution in [0.5, 0.6) is 0 Å². The van der Waals surface area contributed by atoms with Gasteiger partial charge < -0.3 is 0 Å². The van der Waals surface area contributed by atoms with Crippen molar-refractivity contribution in [2.24, 2.45) is 0 Å². The van der Waals surface area contributed by atoms with E-state index in [1.54, 1.807) is 0 Å². The van der Waals surface area contributed by atoms with E-state index in [4.69, 9.17) is 3.67 Å². The molecule has 0 atom stereocenters. The molecule has 1 nitrogen and oxygen atoms in total. The summed E-state index contributed by atoms with van der Waals surface area (Å²) < 4.78 is 8.19. The van der Waals surface area contributed by atoms with Crippen molar-refractivity contribution in [3.63, 3.8) is 0 Å². The molecule has 0 aliphatic heterocycles. The van der Waals surface area contributed by atoms with Crippen LogP contribution in [0.1, 0.15) is 0 Å². The first-order valence-corrected chi connectivity index (χ1v) is 0.753. The molecule has 0 fully saturated rings. The Labute approximate surface area is 132 Å². The molecule has 0 rings (SSSR count). The van der Waals surface area contributed by atoms with Crippen LogP contribution < -0.4 is 0 Å². The van der Waals surface area contributed by atoms with E-state index >= 15 is 0 Å². The molecule has 0 radical (unpaired) electrons. The molecule has 0 aliphatic rings. The third-order valence-corrected chi connectivity index (χ3v) is 0. The monoisotopic (exact) mass is 183 g/mol. The third kappa shape index (κ3) is 18.0. The van der Waals surface area contributed by atoms with Crippen molar-refractivity contribution in [3.8, 4) is 0 Å². The fourth-order valence-electron chi connectivity index (χ4n) is 0. The van der Waals surface area contributed by atoms with Crippen LogP contribution in [0.25, 0.3) is 0 Å². The van der Waals surface area contributed by atoms with Crippen LogP contribution in [0.4, 0.5) is 0 Å². The standard InChI is InChI=1S/ClH.2K.O.V.2H/h1H;;;;;;. The normalized spacial score (nSPS) is 0.600. The van der Waals surface area contributed by atoms with Crippen LogP contribution in [0.15, 0.2) is 0 Å². The van der Waals surface area contributed by atoms with Crippen molar-refractivity contribution in [1.82, 2.24) is 0 Å². The average Bonchev–Trinajstić information content (AvgIpc) is 1.00. The van der Waals surface area contributed by atoms with Crippen LogP contribution in [-0.4, -0.2) is 103 Å². The Kier molecular flexibility index (Phi) is 114. The van der Waals surface area contributed by atoms with Gasteiger partial charge in [0, 0.05) is 0 Å². The molecule has 0 heterocycles. The predicted octanol–water partition coefficient (Wildman–Crippen LogP) is -0.997. The molecule has 0 unspecified atom stereocenters. The van der Waals surface area contributed by atoms with E-state index in [9.17, 15) is 0 Å². The van der Waals surface area contributed by atoms with Gasteiger partial charge in [0.25, 0.3) is 0 Å².